The molecule has 2 N–H and O–H groups in total. The van der Waals surface area contributed by atoms with Crippen LogP contribution in [0.1, 0.15) is 27.9 Å². The SMILES string of the molecule is Cc1ccc(C(=O)NCC(=O)NCCCc2ccccc2)cc1. The van der Waals surface area contributed by atoms with Crippen LogP contribution in [-0.2, 0) is 11.2 Å². The van der Waals surface area contributed by atoms with Crippen LogP contribution in [0.4, 0.5) is 0 Å². The van der Waals surface area contributed by atoms with E-state index in [0.717, 1.165) is 18.4 Å². The highest BCUT2D eigenvalue weighted by atomic mass is 16.2. The monoisotopic (exact) mass is 310 g/mol. The van der Waals surface area contributed by atoms with Gasteiger partial charge < -0.3 is 10.6 Å². The molecule has 0 atom stereocenters. The molecule has 0 heterocycles. The lowest BCUT2D eigenvalue weighted by atomic mass is 10.1. The summed E-state index contributed by atoms with van der Waals surface area (Å²) in [5.41, 5.74) is 2.92. The summed E-state index contributed by atoms with van der Waals surface area (Å²) >= 11 is 0. The molecule has 0 aliphatic heterocycles. The van der Waals surface area contributed by atoms with Crippen LogP contribution in [0, 0.1) is 6.92 Å². The predicted octanol–water partition coefficient (Wildman–Crippen LogP) is 2.47. The Bertz CT molecular complexity index is 636. The van der Waals surface area contributed by atoms with Gasteiger partial charge in [0.05, 0.1) is 6.54 Å². The molecule has 0 saturated carbocycles. The average Bonchev–Trinajstić information content (AvgIpc) is 2.58. The summed E-state index contributed by atoms with van der Waals surface area (Å²) in [7, 11) is 0. The number of benzene rings is 2. The molecule has 4 heteroatoms. The number of amides is 2. The first-order valence-corrected chi connectivity index (χ1v) is 7.80. The number of carbonyl (C=O) groups excluding carboxylic acids is 2. The summed E-state index contributed by atoms with van der Waals surface area (Å²) < 4.78 is 0. The molecule has 0 saturated heterocycles. The maximum Gasteiger partial charge on any atom is 0.251 e. The van der Waals surface area contributed by atoms with Crippen molar-refractivity contribution < 1.29 is 9.59 Å². The number of nitrogens with one attached hydrogen (secondary N) is 2. The van der Waals surface area contributed by atoms with Gasteiger partial charge in [-0.3, -0.25) is 9.59 Å². The van der Waals surface area contributed by atoms with Gasteiger partial charge in [0.15, 0.2) is 0 Å². The molecule has 0 radical (unpaired) electrons. The van der Waals surface area contributed by atoms with Gasteiger partial charge in [0.1, 0.15) is 0 Å². The number of rotatable bonds is 7. The van der Waals surface area contributed by atoms with E-state index in [1.54, 1.807) is 12.1 Å². The summed E-state index contributed by atoms with van der Waals surface area (Å²) in [6.45, 7) is 2.57. The number of carbonyl (C=O) groups is 2. The normalized spacial score (nSPS) is 10.1. The van der Waals surface area contributed by atoms with Crippen molar-refractivity contribution in [3.8, 4) is 0 Å². The van der Waals surface area contributed by atoms with Crippen molar-refractivity contribution in [1.82, 2.24) is 10.6 Å². The van der Waals surface area contributed by atoms with Gasteiger partial charge in [-0.05, 0) is 37.5 Å². The largest absolute Gasteiger partial charge is 0.355 e. The quantitative estimate of drug-likeness (QED) is 0.772. The second-order valence-corrected chi connectivity index (χ2v) is 5.49. The van der Waals surface area contributed by atoms with Gasteiger partial charge in [0, 0.05) is 12.1 Å². The van der Waals surface area contributed by atoms with Crippen molar-refractivity contribution in [2.75, 3.05) is 13.1 Å². The van der Waals surface area contributed by atoms with Crippen molar-refractivity contribution in [1.29, 1.82) is 0 Å². The lowest BCUT2D eigenvalue weighted by Gasteiger charge is -2.07. The zero-order valence-corrected chi connectivity index (χ0v) is 13.3. The third-order valence-corrected chi connectivity index (χ3v) is 3.53. The first-order valence-electron chi connectivity index (χ1n) is 7.80. The zero-order valence-electron chi connectivity index (χ0n) is 13.3. The average molecular weight is 310 g/mol. The second-order valence-electron chi connectivity index (χ2n) is 5.49. The van der Waals surface area contributed by atoms with Crippen molar-refractivity contribution in [3.63, 3.8) is 0 Å². The fourth-order valence-electron chi connectivity index (χ4n) is 2.20. The lowest BCUT2D eigenvalue weighted by Crippen LogP contribution is -2.37. The van der Waals surface area contributed by atoms with Crippen LogP contribution < -0.4 is 10.6 Å². The van der Waals surface area contributed by atoms with Gasteiger partial charge in [-0.2, -0.15) is 0 Å². The summed E-state index contributed by atoms with van der Waals surface area (Å²) in [4.78, 5) is 23.6. The van der Waals surface area contributed by atoms with E-state index in [1.165, 1.54) is 5.56 Å². The molecule has 2 rings (SSSR count). The highest BCUT2D eigenvalue weighted by Crippen LogP contribution is 2.03. The van der Waals surface area contributed by atoms with Gasteiger partial charge >= 0.3 is 0 Å². The van der Waals surface area contributed by atoms with Gasteiger partial charge in [0.2, 0.25) is 5.91 Å². The van der Waals surface area contributed by atoms with Crippen molar-refractivity contribution in [3.05, 3.63) is 71.3 Å². The van der Waals surface area contributed by atoms with Gasteiger partial charge in [-0.1, -0.05) is 48.0 Å². The molecule has 4 nitrogen and oxygen atoms in total. The Morgan fingerprint density at radius 2 is 1.61 bits per heavy atom. The molecule has 0 bridgehead atoms. The van der Waals surface area contributed by atoms with Gasteiger partial charge in [-0.25, -0.2) is 0 Å². The van der Waals surface area contributed by atoms with Crippen LogP contribution in [0.15, 0.2) is 54.6 Å². The molecule has 0 unspecified atom stereocenters. The van der Waals surface area contributed by atoms with Crippen molar-refractivity contribution in [2.24, 2.45) is 0 Å². The molecule has 0 spiro atoms. The van der Waals surface area contributed by atoms with Gasteiger partial charge in [0.25, 0.3) is 5.91 Å². The summed E-state index contributed by atoms with van der Waals surface area (Å²) in [5, 5.41) is 5.44. The summed E-state index contributed by atoms with van der Waals surface area (Å²) in [5.74, 6) is -0.400. The third kappa shape index (κ3) is 5.94. The van der Waals surface area contributed by atoms with E-state index in [0.29, 0.717) is 12.1 Å². The van der Waals surface area contributed by atoms with Crippen LogP contribution in [0.25, 0.3) is 0 Å². The van der Waals surface area contributed by atoms with E-state index in [4.69, 9.17) is 0 Å². The molecule has 0 aliphatic carbocycles. The van der Waals surface area contributed by atoms with Crippen LogP contribution >= 0.6 is 0 Å². The first kappa shape index (κ1) is 16.7. The minimum absolute atomic E-state index is 0.00194. The highest BCUT2D eigenvalue weighted by Gasteiger charge is 2.07. The maximum atomic E-state index is 11.9. The summed E-state index contributed by atoms with van der Waals surface area (Å²) in [6, 6.07) is 17.4. The number of hydrogen-bond donors (Lipinski definition) is 2. The first-order chi connectivity index (χ1) is 11.1. The second kappa shape index (κ2) is 8.73. The molecular formula is C19H22N2O2. The lowest BCUT2D eigenvalue weighted by molar-refractivity contribution is -0.120. The smallest absolute Gasteiger partial charge is 0.251 e. The van der Waals surface area contributed by atoms with Crippen LogP contribution in [-0.4, -0.2) is 24.9 Å². The Morgan fingerprint density at radius 3 is 2.30 bits per heavy atom. The van der Waals surface area contributed by atoms with E-state index < -0.39 is 0 Å². The molecular weight excluding hydrogens is 288 g/mol. The summed E-state index contributed by atoms with van der Waals surface area (Å²) in [6.07, 6.45) is 1.80. The topological polar surface area (TPSA) is 58.2 Å². The molecule has 2 aromatic carbocycles. The molecule has 2 aromatic rings. The standard InChI is InChI=1S/C19H22N2O2/c1-15-9-11-17(12-10-15)19(23)21-14-18(22)20-13-5-8-16-6-3-2-4-7-16/h2-4,6-7,9-12H,5,8,13-14H2,1H3,(H,20,22)(H,21,23). The Labute approximate surface area is 136 Å². The van der Waals surface area contributed by atoms with Crippen LogP contribution in [0.5, 0.6) is 0 Å². The molecule has 120 valence electrons. The maximum absolute atomic E-state index is 11.9. The van der Waals surface area contributed by atoms with E-state index in [2.05, 4.69) is 22.8 Å². The van der Waals surface area contributed by atoms with Gasteiger partial charge in [-0.15, -0.1) is 0 Å². The van der Waals surface area contributed by atoms with E-state index in [1.807, 2.05) is 37.3 Å². The predicted molar refractivity (Wildman–Crippen MR) is 91.3 cm³/mol. The van der Waals surface area contributed by atoms with Crippen molar-refractivity contribution >= 4 is 11.8 Å². The molecule has 0 aliphatic rings. The fourth-order valence-corrected chi connectivity index (χ4v) is 2.20. The van der Waals surface area contributed by atoms with Crippen molar-refractivity contribution in [2.45, 2.75) is 19.8 Å². The molecule has 2 amide bonds. The van der Waals surface area contributed by atoms with E-state index in [9.17, 15) is 9.59 Å². The van der Waals surface area contributed by atoms with E-state index >= 15 is 0 Å². The minimum Gasteiger partial charge on any atom is -0.355 e. The Balaban J connectivity index is 1.63. The minimum atomic E-state index is -0.232. The Kier molecular flexibility index (Phi) is 6.36. The number of hydrogen-bond acceptors (Lipinski definition) is 2. The van der Waals surface area contributed by atoms with Crippen LogP contribution in [0.3, 0.4) is 0 Å². The molecule has 0 fully saturated rings. The zero-order chi connectivity index (χ0) is 16.5. The third-order valence-electron chi connectivity index (χ3n) is 3.53. The van der Waals surface area contributed by atoms with E-state index in [-0.39, 0.29) is 18.4 Å². The highest BCUT2D eigenvalue weighted by molar-refractivity contribution is 5.96. The van der Waals surface area contributed by atoms with Crippen LogP contribution in [0.2, 0.25) is 0 Å². The fraction of sp³-hybridized carbons (Fsp3) is 0.263. The number of aryl methyl sites for hydroxylation is 2. The molecule has 23 heavy (non-hydrogen) atoms. The molecule has 0 aromatic heterocycles. The Morgan fingerprint density at radius 1 is 0.913 bits per heavy atom. The Hall–Kier alpha value is -2.62.